The van der Waals surface area contributed by atoms with Crippen LogP contribution in [0.2, 0.25) is 0 Å². The van der Waals surface area contributed by atoms with Gasteiger partial charge in [0.15, 0.2) is 0 Å². The number of carbonyl (C=O) groups is 4. The molecule has 8 N–H and O–H groups in total. The van der Waals surface area contributed by atoms with Gasteiger partial charge in [-0.25, -0.2) is 9.78 Å². The fourth-order valence-electron chi connectivity index (χ4n) is 2.74. The van der Waals surface area contributed by atoms with Gasteiger partial charge in [0.25, 0.3) is 0 Å². The van der Waals surface area contributed by atoms with Gasteiger partial charge in [-0.15, -0.1) is 0 Å². The Morgan fingerprint density at radius 3 is 2.27 bits per heavy atom. The molecule has 0 bridgehead atoms. The molecule has 0 saturated carbocycles. The molecule has 0 radical (unpaired) electrons. The molecule has 0 fully saturated rings. The van der Waals surface area contributed by atoms with Crippen LogP contribution in [0, 0.1) is 0 Å². The van der Waals surface area contributed by atoms with Crippen molar-refractivity contribution in [3.63, 3.8) is 0 Å². The molecule has 160 valence electrons. The van der Waals surface area contributed by atoms with Crippen molar-refractivity contribution >= 4 is 23.7 Å². The molecule has 2 aromatic rings. The molecule has 1 aromatic heterocycles. The van der Waals surface area contributed by atoms with Gasteiger partial charge >= 0.3 is 5.97 Å². The van der Waals surface area contributed by atoms with Crippen LogP contribution in [0.4, 0.5) is 0 Å². The fourth-order valence-corrected chi connectivity index (χ4v) is 2.74. The predicted molar refractivity (Wildman–Crippen MR) is 106 cm³/mol. The lowest BCUT2D eigenvalue weighted by atomic mass is 10.0. The Bertz CT molecular complexity index is 871. The maximum atomic E-state index is 12.6. The molecule has 0 spiro atoms. The van der Waals surface area contributed by atoms with Crippen molar-refractivity contribution in [3.8, 4) is 0 Å². The number of carbonyl (C=O) groups excluding carboxylic acids is 3. The summed E-state index contributed by atoms with van der Waals surface area (Å²) in [6, 6.07) is 5.38. The van der Waals surface area contributed by atoms with Gasteiger partial charge in [-0.1, -0.05) is 30.3 Å². The standard InChI is InChI=1S/C19H24N6O5/c20-13(6-11-4-2-1-3-5-11)17(27)24-14(8-16(21)26)18(28)25-15(19(29)30)7-12-9-22-10-23-12/h1-5,9-10,13-15H,6-8,20H2,(H2,21,26)(H,22,23)(H,24,27)(H,25,28)(H,29,30)/t13-,14-,15-/m0/s1. The van der Waals surface area contributed by atoms with Crippen LogP contribution in [0.3, 0.4) is 0 Å². The molecule has 1 heterocycles. The quantitative estimate of drug-likeness (QED) is 0.255. The number of nitrogens with one attached hydrogen (secondary N) is 3. The molecule has 30 heavy (non-hydrogen) atoms. The number of imidazole rings is 1. The zero-order chi connectivity index (χ0) is 22.1. The summed E-state index contributed by atoms with van der Waals surface area (Å²) in [6.45, 7) is 0. The van der Waals surface area contributed by atoms with E-state index in [2.05, 4.69) is 20.6 Å². The second-order valence-electron chi connectivity index (χ2n) is 6.71. The zero-order valence-electron chi connectivity index (χ0n) is 16.1. The van der Waals surface area contributed by atoms with Crippen molar-refractivity contribution in [2.45, 2.75) is 37.4 Å². The molecule has 1 aromatic carbocycles. The van der Waals surface area contributed by atoms with E-state index in [1.54, 1.807) is 24.3 Å². The van der Waals surface area contributed by atoms with E-state index >= 15 is 0 Å². The Morgan fingerprint density at radius 2 is 1.70 bits per heavy atom. The highest BCUT2D eigenvalue weighted by atomic mass is 16.4. The van der Waals surface area contributed by atoms with Crippen molar-refractivity contribution < 1.29 is 24.3 Å². The number of nitrogens with zero attached hydrogens (tertiary/aromatic N) is 1. The van der Waals surface area contributed by atoms with Gasteiger partial charge in [-0.3, -0.25) is 14.4 Å². The van der Waals surface area contributed by atoms with Gasteiger partial charge in [0, 0.05) is 18.3 Å². The number of amides is 3. The lowest BCUT2D eigenvalue weighted by Crippen LogP contribution is -2.56. The van der Waals surface area contributed by atoms with Crippen LogP contribution in [0.5, 0.6) is 0 Å². The molecule has 3 amide bonds. The minimum Gasteiger partial charge on any atom is -0.480 e. The first-order chi connectivity index (χ1) is 14.3. The molecular formula is C19H24N6O5. The van der Waals surface area contributed by atoms with E-state index < -0.39 is 48.2 Å². The van der Waals surface area contributed by atoms with E-state index in [1.807, 2.05) is 6.07 Å². The predicted octanol–water partition coefficient (Wildman–Crippen LogP) is -1.55. The number of aliphatic carboxylic acids is 1. The lowest BCUT2D eigenvalue weighted by molar-refractivity contribution is -0.142. The SMILES string of the molecule is NC(=O)C[C@H](NC(=O)[C@@H](N)Cc1ccccc1)C(=O)N[C@@H](Cc1cnc[nH]1)C(=O)O. The highest BCUT2D eigenvalue weighted by Crippen LogP contribution is 2.04. The number of primary amides is 1. The molecule has 11 heteroatoms. The second-order valence-corrected chi connectivity index (χ2v) is 6.71. The van der Waals surface area contributed by atoms with E-state index in [0.717, 1.165) is 5.56 Å². The smallest absolute Gasteiger partial charge is 0.326 e. The molecule has 0 saturated heterocycles. The third kappa shape index (κ3) is 7.02. The number of hydrogen-bond donors (Lipinski definition) is 6. The molecule has 0 aliphatic rings. The number of aromatic amines is 1. The topological polar surface area (TPSA) is 193 Å². The number of carboxylic acid groups (broad SMARTS) is 1. The summed E-state index contributed by atoms with van der Waals surface area (Å²) in [6.07, 6.45) is 2.45. The highest BCUT2D eigenvalue weighted by molar-refractivity contribution is 5.94. The van der Waals surface area contributed by atoms with Crippen molar-refractivity contribution in [1.82, 2.24) is 20.6 Å². The second kappa shape index (κ2) is 10.7. The average Bonchev–Trinajstić information content (AvgIpc) is 3.20. The van der Waals surface area contributed by atoms with Crippen LogP contribution in [0.15, 0.2) is 42.9 Å². The fraction of sp³-hybridized carbons (Fsp3) is 0.316. The molecule has 11 nitrogen and oxygen atoms in total. The van der Waals surface area contributed by atoms with Crippen LogP contribution in [0.25, 0.3) is 0 Å². The molecule has 0 unspecified atom stereocenters. The summed E-state index contributed by atoms with van der Waals surface area (Å²) < 4.78 is 0. The van der Waals surface area contributed by atoms with E-state index in [-0.39, 0.29) is 12.8 Å². The first kappa shape index (κ1) is 22.6. The number of nitrogens with two attached hydrogens (primary N) is 2. The largest absolute Gasteiger partial charge is 0.480 e. The normalized spacial score (nSPS) is 13.6. The molecule has 3 atom stereocenters. The molecular weight excluding hydrogens is 392 g/mol. The minimum atomic E-state index is -1.36. The summed E-state index contributed by atoms with van der Waals surface area (Å²) >= 11 is 0. The first-order valence-corrected chi connectivity index (χ1v) is 9.15. The van der Waals surface area contributed by atoms with Gasteiger partial charge in [0.1, 0.15) is 12.1 Å². The maximum Gasteiger partial charge on any atom is 0.326 e. The Labute approximate surface area is 172 Å². The van der Waals surface area contributed by atoms with E-state index in [4.69, 9.17) is 11.5 Å². The van der Waals surface area contributed by atoms with Gasteiger partial charge < -0.3 is 32.2 Å². The Hall–Kier alpha value is -3.73. The van der Waals surface area contributed by atoms with Gasteiger partial charge in [-0.05, 0) is 12.0 Å². The van der Waals surface area contributed by atoms with Crippen molar-refractivity contribution in [3.05, 3.63) is 54.1 Å². The van der Waals surface area contributed by atoms with Crippen LogP contribution >= 0.6 is 0 Å². The summed E-state index contributed by atoms with van der Waals surface area (Å²) in [4.78, 5) is 54.4. The number of benzene rings is 1. The average molecular weight is 416 g/mol. The Balaban J connectivity index is 2.03. The lowest BCUT2D eigenvalue weighted by Gasteiger charge is -2.22. The third-order valence-electron chi connectivity index (χ3n) is 4.27. The first-order valence-electron chi connectivity index (χ1n) is 9.15. The summed E-state index contributed by atoms with van der Waals surface area (Å²) in [5, 5.41) is 14.1. The van der Waals surface area contributed by atoms with Crippen molar-refractivity contribution in [2.75, 3.05) is 0 Å². The Morgan fingerprint density at radius 1 is 1.03 bits per heavy atom. The van der Waals surface area contributed by atoms with Crippen LogP contribution in [-0.2, 0) is 32.0 Å². The van der Waals surface area contributed by atoms with Crippen LogP contribution in [-0.4, -0.2) is 56.9 Å². The monoisotopic (exact) mass is 416 g/mol. The number of H-pyrrole nitrogens is 1. The van der Waals surface area contributed by atoms with Crippen molar-refractivity contribution in [1.29, 1.82) is 0 Å². The number of aromatic nitrogens is 2. The number of carboxylic acids is 1. The van der Waals surface area contributed by atoms with Gasteiger partial charge in [0.05, 0.1) is 18.8 Å². The molecule has 0 aliphatic carbocycles. The third-order valence-corrected chi connectivity index (χ3v) is 4.27. The minimum absolute atomic E-state index is 0.0637. The number of rotatable bonds is 11. The summed E-state index contributed by atoms with van der Waals surface area (Å²) in [5.41, 5.74) is 12.4. The molecule has 0 aliphatic heterocycles. The van der Waals surface area contributed by atoms with Crippen LogP contribution < -0.4 is 22.1 Å². The van der Waals surface area contributed by atoms with Crippen molar-refractivity contribution in [2.24, 2.45) is 11.5 Å². The Kier molecular flexibility index (Phi) is 8.06. The van der Waals surface area contributed by atoms with E-state index in [0.29, 0.717) is 5.69 Å². The van der Waals surface area contributed by atoms with Gasteiger partial charge in [-0.2, -0.15) is 0 Å². The van der Waals surface area contributed by atoms with Crippen LogP contribution in [0.1, 0.15) is 17.7 Å². The summed E-state index contributed by atoms with van der Waals surface area (Å²) in [5.74, 6) is -3.66. The summed E-state index contributed by atoms with van der Waals surface area (Å²) in [7, 11) is 0. The maximum absolute atomic E-state index is 12.6. The number of hydrogen-bond acceptors (Lipinski definition) is 6. The zero-order valence-corrected chi connectivity index (χ0v) is 16.1. The van der Waals surface area contributed by atoms with Gasteiger partial charge in [0.2, 0.25) is 17.7 Å². The van der Waals surface area contributed by atoms with E-state index in [9.17, 15) is 24.3 Å². The highest BCUT2D eigenvalue weighted by Gasteiger charge is 2.29. The molecule has 2 rings (SSSR count). The van der Waals surface area contributed by atoms with E-state index in [1.165, 1.54) is 12.5 Å².